The van der Waals surface area contributed by atoms with Gasteiger partial charge in [-0.2, -0.15) is 13.2 Å². The third kappa shape index (κ3) is 3.52. The van der Waals surface area contributed by atoms with E-state index in [1.807, 2.05) is 0 Å². The van der Waals surface area contributed by atoms with Crippen LogP contribution in [0.5, 0.6) is 5.88 Å². The number of pyridine rings is 1. The van der Waals surface area contributed by atoms with Gasteiger partial charge in [-0.25, -0.2) is 9.78 Å². The number of benzene rings is 1. The van der Waals surface area contributed by atoms with Crippen molar-refractivity contribution >= 4 is 11.7 Å². The van der Waals surface area contributed by atoms with Gasteiger partial charge in [0.2, 0.25) is 5.88 Å². The topological polar surface area (TPSA) is 60.5 Å². The number of nitrogens with zero attached hydrogens (tertiary/aromatic N) is 1. The van der Waals surface area contributed by atoms with E-state index in [9.17, 15) is 18.0 Å². The van der Waals surface area contributed by atoms with E-state index in [1.165, 1.54) is 24.4 Å². The van der Waals surface area contributed by atoms with Gasteiger partial charge >= 0.3 is 12.1 Å². The fourth-order valence-electron chi connectivity index (χ4n) is 2.53. The summed E-state index contributed by atoms with van der Waals surface area (Å²) in [6.45, 7) is 2.23. The van der Waals surface area contributed by atoms with Crippen molar-refractivity contribution in [3.63, 3.8) is 0 Å². The van der Waals surface area contributed by atoms with Crippen LogP contribution in [0.2, 0.25) is 0 Å². The average molecular weight is 352 g/mol. The van der Waals surface area contributed by atoms with Crippen molar-refractivity contribution in [3.05, 3.63) is 53.2 Å². The molecule has 1 aromatic heterocycles. The monoisotopic (exact) mass is 352 g/mol. The van der Waals surface area contributed by atoms with Crippen LogP contribution in [0.4, 0.5) is 18.9 Å². The number of hydrogen-bond acceptors (Lipinski definition) is 5. The number of ether oxygens (including phenoxy) is 2. The van der Waals surface area contributed by atoms with Crippen molar-refractivity contribution in [1.29, 1.82) is 0 Å². The predicted molar refractivity (Wildman–Crippen MR) is 83.5 cm³/mol. The lowest BCUT2D eigenvalue weighted by molar-refractivity contribution is -0.137. The largest absolute Gasteiger partial charge is 0.466 e. The second kappa shape index (κ2) is 6.62. The van der Waals surface area contributed by atoms with Crippen molar-refractivity contribution in [2.45, 2.75) is 19.2 Å². The molecule has 0 radical (unpaired) electrons. The average Bonchev–Trinajstić information content (AvgIpc) is 2.60. The van der Waals surface area contributed by atoms with Crippen LogP contribution in [0.15, 0.2) is 36.5 Å². The molecule has 25 heavy (non-hydrogen) atoms. The van der Waals surface area contributed by atoms with Gasteiger partial charge in [0.25, 0.3) is 0 Å². The number of halogens is 3. The highest BCUT2D eigenvalue weighted by Crippen LogP contribution is 2.36. The second-order valence-corrected chi connectivity index (χ2v) is 5.37. The fraction of sp³-hybridized carbons (Fsp3) is 0.294. The smallest absolute Gasteiger partial charge is 0.416 e. The van der Waals surface area contributed by atoms with Crippen LogP contribution in [-0.2, 0) is 10.9 Å². The number of aromatic nitrogens is 1. The quantitative estimate of drug-likeness (QED) is 0.851. The molecule has 1 aromatic carbocycles. The Kier molecular flexibility index (Phi) is 4.52. The van der Waals surface area contributed by atoms with E-state index in [0.717, 1.165) is 12.1 Å². The minimum Gasteiger partial charge on any atom is -0.466 e. The normalized spacial score (nSPS) is 16.4. The van der Waals surface area contributed by atoms with Crippen LogP contribution in [-0.4, -0.2) is 24.1 Å². The molecular formula is C17H15F3N2O3. The van der Waals surface area contributed by atoms with Crippen molar-refractivity contribution in [2.24, 2.45) is 0 Å². The summed E-state index contributed by atoms with van der Waals surface area (Å²) >= 11 is 0. The molecule has 2 aromatic rings. The Bertz CT molecular complexity index is 776. The van der Waals surface area contributed by atoms with Gasteiger partial charge < -0.3 is 14.8 Å². The molecule has 8 heteroatoms. The first kappa shape index (κ1) is 17.1. The second-order valence-electron chi connectivity index (χ2n) is 5.37. The summed E-state index contributed by atoms with van der Waals surface area (Å²) < 4.78 is 48.7. The molecule has 0 aliphatic carbocycles. The molecule has 5 nitrogen and oxygen atoms in total. The number of alkyl halides is 3. The van der Waals surface area contributed by atoms with Crippen LogP contribution in [0.1, 0.15) is 34.5 Å². The molecule has 0 bridgehead atoms. The summed E-state index contributed by atoms with van der Waals surface area (Å²) in [6, 6.07) is 6.28. The molecular weight excluding hydrogens is 337 g/mol. The van der Waals surface area contributed by atoms with Gasteiger partial charge in [0.05, 0.1) is 24.3 Å². The zero-order chi connectivity index (χ0) is 18.0. The minimum atomic E-state index is -4.38. The number of rotatable bonds is 3. The third-order valence-corrected chi connectivity index (χ3v) is 3.74. The lowest BCUT2D eigenvalue weighted by Gasteiger charge is -2.27. The van der Waals surface area contributed by atoms with Gasteiger partial charge in [0.1, 0.15) is 11.8 Å². The molecule has 2 heterocycles. The Balaban J connectivity index is 1.82. The van der Waals surface area contributed by atoms with Crippen molar-refractivity contribution in [2.75, 3.05) is 18.5 Å². The standard InChI is InChI=1S/C17H15F3N2O3/c1-2-24-16(23)12-7-8-21-15-14(12)22-9-13(25-15)10-3-5-11(6-4-10)17(18,19)20/h3-8,13,22H,2,9H2,1H3. The summed E-state index contributed by atoms with van der Waals surface area (Å²) in [5.74, 6) is -0.285. The van der Waals surface area contributed by atoms with Crippen LogP contribution in [0.25, 0.3) is 0 Å². The zero-order valence-corrected chi connectivity index (χ0v) is 13.3. The SMILES string of the molecule is CCOC(=O)c1ccnc2c1NCC(c1ccc(C(F)(F)F)cc1)O2. The zero-order valence-electron chi connectivity index (χ0n) is 13.3. The van der Waals surface area contributed by atoms with Crippen LogP contribution in [0.3, 0.4) is 0 Å². The number of fused-ring (bicyclic) bond motifs is 1. The van der Waals surface area contributed by atoms with Gasteiger partial charge in [-0.1, -0.05) is 12.1 Å². The van der Waals surface area contributed by atoms with Crippen molar-refractivity contribution in [1.82, 2.24) is 4.98 Å². The first-order valence-corrected chi connectivity index (χ1v) is 7.64. The maximum Gasteiger partial charge on any atom is 0.416 e. The number of hydrogen-bond donors (Lipinski definition) is 1. The molecule has 0 saturated heterocycles. The van der Waals surface area contributed by atoms with E-state index in [4.69, 9.17) is 9.47 Å². The number of esters is 1. The first-order chi connectivity index (χ1) is 11.9. The van der Waals surface area contributed by atoms with Crippen LogP contribution >= 0.6 is 0 Å². The molecule has 132 valence electrons. The van der Waals surface area contributed by atoms with E-state index >= 15 is 0 Å². The van der Waals surface area contributed by atoms with E-state index in [1.54, 1.807) is 6.92 Å². The Morgan fingerprint density at radius 1 is 1.32 bits per heavy atom. The van der Waals surface area contributed by atoms with Gasteiger partial charge in [0, 0.05) is 6.20 Å². The highest BCUT2D eigenvalue weighted by Gasteiger charge is 2.31. The molecule has 1 N–H and O–H groups in total. The Labute approximate surface area is 141 Å². The minimum absolute atomic E-state index is 0.210. The number of nitrogens with one attached hydrogen (secondary N) is 1. The summed E-state index contributed by atoms with van der Waals surface area (Å²) in [7, 11) is 0. The molecule has 1 aliphatic rings. The predicted octanol–water partition coefficient (Wildman–Crippen LogP) is 3.82. The van der Waals surface area contributed by atoms with E-state index in [2.05, 4.69) is 10.3 Å². The number of anilines is 1. The summed E-state index contributed by atoms with van der Waals surface area (Å²) in [6.07, 6.45) is -3.48. The maximum atomic E-state index is 12.6. The van der Waals surface area contributed by atoms with Gasteiger partial charge in [-0.05, 0) is 30.7 Å². The molecule has 0 spiro atoms. The van der Waals surface area contributed by atoms with Gasteiger partial charge in [0.15, 0.2) is 0 Å². The lowest BCUT2D eigenvalue weighted by atomic mass is 10.0. The summed E-state index contributed by atoms with van der Waals surface area (Å²) in [4.78, 5) is 16.0. The highest BCUT2D eigenvalue weighted by molar-refractivity contribution is 5.97. The summed E-state index contributed by atoms with van der Waals surface area (Å²) in [5, 5.41) is 3.05. The van der Waals surface area contributed by atoms with Gasteiger partial charge in [-0.3, -0.25) is 0 Å². The fourth-order valence-corrected chi connectivity index (χ4v) is 2.53. The molecule has 0 saturated carbocycles. The molecule has 0 fully saturated rings. The lowest BCUT2D eigenvalue weighted by Crippen LogP contribution is -2.26. The number of carbonyl (C=O) groups is 1. The Morgan fingerprint density at radius 3 is 2.68 bits per heavy atom. The van der Waals surface area contributed by atoms with E-state index < -0.39 is 23.8 Å². The first-order valence-electron chi connectivity index (χ1n) is 7.64. The van der Waals surface area contributed by atoms with Crippen molar-refractivity contribution in [3.8, 4) is 5.88 Å². The van der Waals surface area contributed by atoms with Crippen LogP contribution in [0, 0.1) is 0 Å². The Morgan fingerprint density at radius 2 is 2.04 bits per heavy atom. The summed E-state index contributed by atoms with van der Waals surface area (Å²) in [5.41, 5.74) is 0.583. The van der Waals surface area contributed by atoms with Gasteiger partial charge in [-0.15, -0.1) is 0 Å². The molecule has 1 unspecified atom stereocenters. The van der Waals surface area contributed by atoms with E-state index in [-0.39, 0.29) is 19.0 Å². The molecule has 1 aliphatic heterocycles. The van der Waals surface area contributed by atoms with E-state index in [0.29, 0.717) is 16.8 Å². The van der Waals surface area contributed by atoms with Crippen LogP contribution < -0.4 is 10.1 Å². The molecule has 1 atom stereocenters. The third-order valence-electron chi connectivity index (χ3n) is 3.74. The maximum absolute atomic E-state index is 12.6. The Hall–Kier alpha value is -2.77. The molecule has 0 amide bonds. The van der Waals surface area contributed by atoms with Crippen molar-refractivity contribution < 1.29 is 27.4 Å². The highest BCUT2D eigenvalue weighted by atomic mass is 19.4. The number of carbonyl (C=O) groups excluding carboxylic acids is 1. The molecule has 3 rings (SSSR count).